The molecule has 0 bridgehead atoms. The topological polar surface area (TPSA) is 55.1 Å². The Morgan fingerprint density at radius 1 is 1.33 bits per heavy atom. The maximum atomic E-state index is 14.0. The summed E-state index contributed by atoms with van der Waals surface area (Å²) >= 11 is 6.06. The van der Waals surface area contributed by atoms with E-state index in [0.717, 1.165) is 0 Å². The summed E-state index contributed by atoms with van der Waals surface area (Å²) in [6, 6.07) is 9.00. The van der Waals surface area contributed by atoms with Crippen LogP contribution in [0.25, 0.3) is 22.4 Å². The van der Waals surface area contributed by atoms with Crippen LogP contribution in [0.2, 0.25) is 5.02 Å². The highest BCUT2D eigenvalue weighted by Crippen LogP contribution is 2.31. The lowest BCUT2D eigenvalue weighted by molar-refractivity contribution is 0.0697. The van der Waals surface area contributed by atoms with Crippen molar-refractivity contribution in [3.8, 4) is 11.4 Å². The van der Waals surface area contributed by atoms with Gasteiger partial charge in [0.2, 0.25) is 0 Å². The number of aryl methyl sites for hydroxylation is 1. The van der Waals surface area contributed by atoms with Gasteiger partial charge < -0.3 is 9.67 Å². The van der Waals surface area contributed by atoms with E-state index in [-0.39, 0.29) is 16.1 Å². The van der Waals surface area contributed by atoms with E-state index in [0.29, 0.717) is 16.9 Å². The van der Waals surface area contributed by atoms with Gasteiger partial charge in [0.05, 0.1) is 27.2 Å². The number of halogens is 2. The zero-order valence-electron chi connectivity index (χ0n) is 11.0. The number of aromatic nitrogens is 2. The summed E-state index contributed by atoms with van der Waals surface area (Å²) in [4.78, 5) is 15.3. The van der Waals surface area contributed by atoms with E-state index in [9.17, 15) is 9.18 Å². The third-order valence-electron chi connectivity index (χ3n) is 3.31. The van der Waals surface area contributed by atoms with Gasteiger partial charge in [-0.1, -0.05) is 17.7 Å². The summed E-state index contributed by atoms with van der Waals surface area (Å²) in [5, 5.41) is 9.27. The molecule has 0 aliphatic rings. The maximum Gasteiger partial charge on any atom is 0.335 e. The number of carboxylic acids is 1. The lowest BCUT2D eigenvalue weighted by Gasteiger charge is -2.05. The third-order valence-corrected chi connectivity index (χ3v) is 3.63. The van der Waals surface area contributed by atoms with Crippen LogP contribution in [0, 0.1) is 5.82 Å². The monoisotopic (exact) mass is 304 g/mol. The van der Waals surface area contributed by atoms with Crippen molar-refractivity contribution in [2.24, 2.45) is 7.05 Å². The van der Waals surface area contributed by atoms with Crippen LogP contribution in [0.5, 0.6) is 0 Å². The van der Waals surface area contributed by atoms with E-state index in [4.69, 9.17) is 16.7 Å². The molecule has 0 aliphatic heterocycles. The first kappa shape index (κ1) is 13.6. The molecule has 2 aromatic carbocycles. The van der Waals surface area contributed by atoms with Crippen molar-refractivity contribution < 1.29 is 14.3 Å². The molecule has 0 amide bonds. The molecule has 3 aromatic rings. The van der Waals surface area contributed by atoms with Crippen molar-refractivity contribution in [1.82, 2.24) is 9.55 Å². The predicted molar refractivity (Wildman–Crippen MR) is 78.1 cm³/mol. The lowest BCUT2D eigenvalue weighted by Crippen LogP contribution is -1.96. The first-order valence-corrected chi connectivity index (χ1v) is 6.51. The van der Waals surface area contributed by atoms with Crippen LogP contribution in [0.15, 0.2) is 36.4 Å². The van der Waals surface area contributed by atoms with E-state index in [1.165, 1.54) is 24.3 Å². The van der Waals surface area contributed by atoms with Gasteiger partial charge in [0.1, 0.15) is 11.6 Å². The minimum absolute atomic E-state index is 0.131. The summed E-state index contributed by atoms with van der Waals surface area (Å²) in [5.74, 6) is -1.15. The zero-order chi connectivity index (χ0) is 15.1. The minimum atomic E-state index is -1.03. The highest BCUT2D eigenvalue weighted by Gasteiger charge is 2.17. The van der Waals surface area contributed by atoms with Crippen LogP contribution < -0.4 is 0 Å². The molecule has 0 saturated heterocycles. The molecule has 1 heterocycles. The van der Waals surface area contributed by atoms with Gasteiger partial charge >= 0.3 is 5.97 Å². The van der Waals surface area contributed by atoms with Crippen molar-refractivity contribution >= 4 is 28.6 Å². The molecule has 0 atom stereocenters. The van der Waals surface area contributed by atoms with E-state index < -0.39 is 11.8 Å². The van der Waals surface area contributed by atoms with Crippen LogP contribution in [-0.2, 0) is 7.05 Å². The van der Waals surface area contributed by atoms with Crippen LogP contribution >= 0.6 is 11.6 Å². The Balaban J connectivity index is 2.29. The normalized spacial score (nSPS) is 11.0. The molecule has 1 aromatic heterocycles. The molecule has 3 rings (SSSR count). The van der Waals surface area contributed by atoms with Gasteiger partial charge in [-0.25, -0.2) is 14.2 Å². The fourth-order valence-electron chi connectivity index (χ4n) is 2.27. The Morgan fingerprint density at radius 2 is 2.10 bits per heavy atom. The standard InChI is InChI=1S/C15H10ClFN2O2/c1-19-12-6-5-8(15(20)21)7-11(12)18-14(19)13-9(16)3-2-4-10(13)17/h2-7H,1H3,(H,20,21). The second kappa shape index (κ2) is 4.86. The highest BCUT2D eigenvalue weighted by atomic mass is 35.5. The molecule has 0 saturated carbocycles. The number of carbonyl (C=O) groups is 1. The van der Waals surface area contributed by atoms with E-state index >= 15 is 0 Å². The summed E-state index contributed by atoms with van der Waals surface area (Å²) in [5.41, 5.74) is 1.52. The fraction of sp³-hybridized carbons (Fsp3) is 0.0667. The summed E-state index contributed by atoms with van der Waals surface area (Å²) in [6.07, 6.45) is 0. The van der Waals surface area contributed by atoms with Crippen molar-refractivity contribution in [2.75, 3.05) is 0 Å². The van der Waals surface area contributed by atoms with Crippen LogP contribution in [0.4, 0.5) is 4.39 Å². The Hall–Kier alpha value is -2.40. The average molecular weight is 305 g/mol. The van der Waals surface area contributed by atoms with Gasteiger partial charge in [-0.05, 0) is 30.3 Å². The Morgan fingerprint density at radius 3 is 2.76 bits per heavy atom. The Kier molecular flexibility index (Phi) is 3.14. The van der Waals surface area contributed by atoms with Crippen LogP contribution in [0.1, 0.15) is 10.4 Å². The van der Waals surface area contributed by atoms with Gasteiger partial charge in [0, 0.05) is 7.05 Å². The number of rotatable bonds is 2. The van der Waals surface area contributed by atoms with Gasteiger partial charge in [-0.15, -0.1) is 0 Å². The van der Waals surface area contributed by atoms with Gasteiger partial charge in [-0.3, -0.25) is 0 Å². The van der Waals surface area contributed by atoms with E-state index in [1.807, 2.05) is 0 Å². The zero-order valence-corrected chi connectivity index (χ0v) is 11.7. The Bertz CT molecular complexity index is 853. The summed E-state index contributed by atoms with van der Waals surface area (Å²) in [7, 11) is 1.73. The lowest BCUT2D eigenvalue weighted by atomic mass is 10.2. The number of carboxylic acid groups (broad SMARTS) is 1. The molecule has 0 unspecified atom stereocenters. The molecule has 106 valence electrons. The average Bonchev–Trinajstić information content (AvgIpc) is 2.75. The number of imidazole rings is 1. The number of hydrogen-bond donors (Lipinski definition) is 1. The SMILES string of the molecule is Cn1c(-c2c(F)cccc2Cl)nc2cc(C(=O)O)ccc21. The van der Waals surface area contributed by atoms with Gasteiger partial charge in [0.25, 0.3) is 0 Å². The number of nitrogens with zero attached hydrogens (tertiary/aromatic N) is 2. The summed E-state index contributed by atoms with van der Waals surface area (Å²) < 4.78 is 15.7. The highest BCUT2D eigenvalue weighted by molar-refractivity contribution is 6.33. The molecule has 0 aliphatic carbocycles. The number of benzene rings is 2. The number of aromatic carboxylic acids is 1. The Labute approximate surface area is 124 Å². The first-order valence-electron chi connectivity index (χ1n) is 6.13. The summed E-state index contributed by atoms with van der Waals surface area (Å²) in [6.45, 7) is 0. The fourth-order valence-corrected chi connectivity index (χ4v) is 2.52. The number of hydrogen-bond acceptors (Lipinski definition) is 2. The van der Waals surface area contributed by atoms with Crippen molar-refractivity contribution in [3.63, 3.8) is 0 Å². The molecule has 0 fully saturated rings. The smallest absolute Gasteiger partial charge is 0.335 e. The molecular formula is C15H10ClFN2O2. The van der Waals surface area contributed by atoms with Crippen LogP contribution in [0.3, 0.4) is 0 Å². The van der Waals surface area contributed by atoms with E-state index in [1.54, 1.807) is 23.7 Å². The van der Waals surface area contributed by atoms with Crippen molar-refractivity contribution in [3.05, 3.63) is 52.8 Å². The molecule has 1 N–H and O–H groups in total. The largest absolute Gasteiger partial charge is 0.478 e. The van der Waals surface area contributed by atoms with Crippen molar-refractivity contribution in [2.45, 2.75) is 0 Å². The number of fused-ring (bicyclic) bond motifs is 1. The molecule has 0 radical (unpaired) electrons. The van der Waals surface area contributed by atoms with Crippen LogP contribution in [-0.4, -0.2) is 20.6 Å². The molecular weight excluding hydrogens is 295 g/mol. The third kappa shape index (κ3) is 2.15. The van der Waals surface area contributed by atoms with E-state index in [2.05, 4.69) is 4.98 Å². The quantitative estimate of drug-likeness (QED) is 0.785. The van der Waals surface area contributed by atoms with Gasteiger partial charge in [-0.2, -0.15) is 0 Å². The maximum absolute atomic E-state index is 14.0. The minimum Gasteiger partial charge on any atom is -0.478 e. The molecule has 0 spiro atoms. The second-order valence-corrected chi connectivity index (χ2v) is 5.01. The molecule has 4 nitrogen and oxygen atoms in total. The van der Waals surface area contributed by atoms with Crippen molar-refractivity contribution in [1.29, 1.82) is 0 Å². The predicted octanol–water partition coefficient (Wildman–Crippen LogP) is 3.73. The molecule has 6 heteroatoms. The van der Waals surface area contributed by atoms with Gasteiger partial charge in [0.15, 0.2) is 0 Å². The first-order chi connectivity index (χ1) is 9.99. The second-order valence-electron chi connectivity index (χ2n) is 4.60. The molecule has 21 heavy (non-hydrogen) atoms.